The lowest BCUT2D eigenvalue weighted by Crippen LogP contribution is -2.61. The van der Waals surface area contributed by atoms with Gasteiger partial charge in [-0.25, -0.2) is 4.79 Å². The summed E-state index contributed by atoms with van der Waals surface area (Å²) in [6.07, 6.45) is 4.53. The van der Waals surface area contributed by atoms with Gasteiger partial charge in [0.15, 0.2) is 0 Å². The van der Waals surface area contributed by atoms with Gasteiger partial charge in [0.2, 0.25) is 59.1 Å². The van der Waals surface area contributed by atoms with Crippen LogP contribution in [0.15, 0.2) is 103 Å². The van der Waals surface area contributed by atoms with Crippen LogP contribution in [0.4, 0.5) is 0 Å². The normalized spacial score (nSPS) is 24.0. The molecular formula is C58H73N13O13S2. The molecule has 0 fully saturated rings. The monoisotopic (exact) mass is 1220 g/mol. The molecule has 86 heavy (non-hydrogen) atoms. The summed E-state index contributed by atoms with van der Waals surface area (Å²) >= 11 is 2.40. The SMILES string of the molecule is CC(C)C[C@@H]1NC(=O)[C@H](CO)NC(=O)[C@H](CC(N)=O)NC(=O)[C@@H](N)CSC/C=C\CSC[C@@H](C(=O)O)NC(=O)[C@H](Cc2c[nH]c3ccccc23)NC(=O)[C@H](Cc2ccccc2)NC(=O)[C@H](Cc2c[nH]c3ccccc23)NC(=O)[C@H](CC(N)=O)NC1=O. The first kappa shape index (κ1) is 66.4. The Hall–Kier alpha value is -8.73. The van der Waals surface area contributed by atoms with Gasteiger partial charge in [-0.1, -0.05) is 92.7 Å². The van der Waals surface area contributed by atoms with Gasteiger partial charge >= 0.3 is 5.97 Å². The van der Waals surface area contributed by atoms with Gasteiger partial charge in [0.1, 0.15) is 48.3 Å². The number of aliphatic carboxylic acids is 1. The summed E-state index contributed by atoms with van der Waals surface area (Å²) in [6.45, 7) is 2.36. The van der Waals surface area contributed by atoms with Crippen molar-refractivity contribution in [3.05, 3.63) is 120 Å². The number of carbonyl (C=O) groups is 11. The second-order valence-electron chi connectivity index (χ2n) is 21.0. The molecule has 0 saturated carbocycles. The van der Waals surface area contributed by atoms with E-state index in [1.54, 1.807) is 99.1 Å². The maximum atomic E-state index is 15.0. The van der Waals surface area contributed by atoms with E-state index in [1.807, 2.05) is 18.2 Å². The van der Waals surface area contributed by atoms with Crippen LogP contribution in [0.1, 0.15) is 49.8 Å². The molecule has 10 amide bonds. The van der Waals surface area contributed by atoms with Gasteiger partial charge in [-0.3, -0.25) is 47.9 Å². The number of nitrogens with one attached hydrogen (secondary N) is 10. The maximum absolute atomic E-state index is 15.0. The van der Waals surface area contributed by atoms with Crippen molar-refractivity contribution in [1.82, 2.24) is 52.5 Å². The molecule has 0 unspecified atom stereocenters. The van der Waals surface area contributed by atoms with E-state index < -0.39 is 139 Å². The van der Waals surface area contributed by atoms with Crippen molar-refractivity contribution in [2.24, 2.45) is 23.1 Å². The van der Waals surface area contributed by atoms with E-state index in [4.69, 9.17) is 17.2 Å². The van der Waals surface area contributed by atoms with Crippen molar-refractivity contribution < 1.29 is 63.0 Å². The molecule has 3 heterocycles. The summed E-state index contributed by atoms with van der Waals surface area (Å²) in [4.78, 5) is 158. The molecule has 2 aromatic heterocycles. The van der Waals surface area contributed by atoms with Crippen molar-refractivity contribution in [2.45, 2.75) is 107 Å². The quantitative estimate of drug-likeness (QED) is 0.0580. The molecule has 0 radical (unpaired) electrons. The minimum atomic E-state index is -1.81. The molecule has 6 rings (SSSR count). The summed E-state index contributed by atoms with van der Waals surface area (Å²) in [6, 6.07) is 8.96. The van der Waals surface area contributed by atoms with Crippen LogP contribution in [-0.4, -0.2) is 169 Å². The lowest BCUT2D eigenvalue weighted by Gasteiger charge is -2.28. The number of nitrogens with two attached hydrogens (primary N) is 3. The number of thioether (sulfide) groups is 2. The summed E-state index contributed by atoms with van der Waals surface area (Å²) in [5.41, 5.74) is 20.3. The highest BCUT2D eigenvalue weighted by molar-refractivity contribution is 7.99. The van der Waals surface area contributed by atoms with Crippen LogP contribution in [0.5, 0.6) is 0 Å². The Morgan fingerprint density at radius 2 is 0.907 bits per heavy atom. The van der Waals surface area contributed by atoms with Gasteiger partial charge in [-0.05, 0) is 41.2 Å². The highest BCUT2D eigenvalue weighted by atomic mass is 32.2. The number of fused-ring (bicyclic) bond motifs is 2. The molecule has 9 atom stereocenters. The lowest BCUT2D eigenvalue weighted by atomic mass is 10.00. The van der Waals surface area contributed by atoms with Crippen molar-refractivity contribution >= 4 is 110 Å². The molecule has 5 aromatic rings. The van der Waals surface area contributed by atoms with E-state index in [0.717, 1.165) is 10.9 Å². The van der Waals surface area contributed by atoms with Crippen molar-refractivity contribution in [2.75, 3.05) is 29.6 Å². The Morgan fingerprint density at radius 1 is 0.512 bits per heavy atom. The number of carboxylic acids is 1. The Morgan fingerprint density at radius 3 is 1.40 bits per heavy atom. The Labute approximate surface area is 503 Å². The molecule has 0 spiro atoms. The number of benzene rings is 3. The van der Waals surface area contributed by atoms with Gasteiger partial charge in [0.05, 0.1) is 25.5 Å². The van der Waals surface area contributed by atoms with E-state index in [1.165, 1.54) is 23.5 Å². The molecule has 460 valence electrons. The molecule has 0 bridgehead atoms. The standard InChI is InChI=1S/C58H73N13O13S2/c1-31(2)20-40-51(76)69-45(25-49(61)74)55(80)68-42(22-33-26-62-38-16-8-6-14-35(33)38)53(78)66-41(21-32-12-4-3-5-13-32)52(77)67-43(23-34-27-63-39-17-9-7-15-36(34)39)54(79)71-47(58(83)84)30-86-19-11-10-18-85-29-37(59)50(75)64-44(24-48(60)73)56(81)70-46(28-72)57(82)65-40/h3-17,26-27,31,37,40-47,62-63,72H,18-25,28-30,59H2,1-2H3,(H2,60,73)(H2,61,74)(H,64,75)(H,65,82)(H,66,78)(H,67,77)(H,68,80)(H,69,76)(H,70,81)(H,71,79)(H,83,84)/b11-10-/t37-,40-,41-,42-,43-,44-,45-,46-,47-/m0/s1. The third kappa shape index (κ3) is 19.9. The van der Waals surface area contributed by atoms with Crippen LogP contribution in [0.3, 0.4) is 0 Å². The van der Waals surface area contributed by atoms with Gasteiger partial charge in [0, 0.05) is 76.5 Å². The summed E-state index contributed by atoms with van der Waals surface area (Å²) in [7, 11) is 0. The fraction of sp³-hybridized carbons (Fsp3) is 0.397. The zero-order chi connectivity index (χ0) is 62.5. The van der Waals surface area contributed by atoms with E-state index in [-0.39, 0.29) is 43.1 Å². The van der Waals surface area contributed by atoms with Crippen LogP contribution in [0.25, 0.3) is 21.8 Å². The minimum absolute atomic E-state index is 0.0193. The number of hydrogen-bond acceptors (Lipinski definition) is 15. The average Bonchev–Trinajstić information content (AvgIpc) is 4.30. The fourth-order valence-electron chi connectivity index (χ4n) is 9.32. The van der Waals surface area contributed by atoms with Crippen LogP contribution < -0.4 is 59.7 Å². The molecule has 0 aliphatic carbocycles. The number of H-pyrrole nitrogens is 2. The van der Waals surface area contributed by atoms with Gasteiger partial charge in [-0.15, -0.1) is 0 Å². The molecule has 18 N–H and O–H groups in total. The van der Waals surface area contributed by atoms with Crippen LogP contribution in [0, 0.1) is 5.92 Å². The maximum Gasteiger partial charge on any atom is 0.327 e. The number of rotatable bonds is 14. The van der Waals surface area contributed by atoms with E-state index in [0.29, 0.717) is 39.1 Å². The number of aromatic amines is 2. The van der Waals surface area contributed by atoms with Gasteiger partial charge < -0.3 is 79.9 Å². The smallest absolute Gasteiger partial charge is 0.327 e. The number of primary amides is 2. The number of aliphatic hydroxyl groups is 1. The second kappa shape index (κ2) is 32.5. The summed E-state index contributed by atoms with van der Waals surface area (Å²) in [5, 5.41) is 42.4. The average molecular weight is 1220 g/mol. The first-order valence-corrected chi connectivity index (χ1v) is 29.9. The minimum Gasteiger partial charge on any atom is -0.480 e. The molecule has 3 aromatic carbocycles. The first-order valence-electron chi connectivity index (χ1n) is 27.6. The number of hydrogen-bond donors (Lipinski definition) is 15. The predicted octanol–water partition coefficient (Wildman–Crippen LogP) is -1.21. The lowest BCUT2D eigenvalue weighted by molar-refractivity contribution is -0.141. The summed E-state index contributed by atoms with van der Waals surface area (Å²) < 4.78 is 0. The zero-order valence-corrected chi connectivity index (χ0v) is 48.9. The fourth-order valence-corrected chi connectivity index (χ4v) is 11.0. The van der Waals surface area contributed by atoms with E-state index >= 15 is 4.79 Å². The molecule has 28 heteroatoms. The molecule has 1 aliphatic heterocycles. The number of aromatic nitrogens is 2. The third-order valence-electron chi connectivity index (χ3n) is 13.7. The Kier molecular flexibility index (Phi) is 25.1. The van der Waals surface area contributed by atoms with Crippen molar-refractivity contribution in [3.63, 3.8) is 0 Å². The highest BCUT2D eigenvalue weighted by Crippen LogP contribution is 2.22. The van der Waals surface area contributed by atoms with Gasteiger partial charge in [-0.2, -0.15) is 23.5 Å². The second-order valence-corrected chi connectivity index (χ2v) is 23.1. The number of carbonyl (C=O) groups excluding carboxylic acids is 10. The highest BCUT2D eigenvalue weighted by Gasteiger charge is 2.37. The molecular weight excluding hydrogens is 1150 g/mol. The summed E-state index contributed by atoms with van der Waals surface area (Å²) in [5.74, 6) is -11.1. The van der Waals surface area contributed by atoms with E-state index in [9.17, 15) is 58.2 Å². The largest absolute Gasteiger partial charge is 0.480 e. The predicted molar refractivity (Wildman–Crippen MR) is 323 cm³/mol. The van der Waals surface area contributed by atoms with Crippen LogP contribution >= 0.6 is 23.5 Å². The molecule has 1 aliphatic rings. The van der Waals surface area contributed by atoms with Crippen LogP contribution in [-0.2, 0) is 72.0 Å². The number of amides is 10. The zero-order valence-electron chi connectivity index (χ0n) is 47.3. The molecule has 0 saturated heterocycles. The first-order chi connectivity index (χ1) is 41.1. The Bertz CT molecular complexity index is 3270. The van der Waals surface area contributed by atoms with E-state index in [2.05, 4.69) is 52.5 Å². The van der Waals surface area contributed by atoms with Crippen molar-refractivity contribution in [3.8, 4) is 0 Å². The third-order valence-corrected chi connectivity index (χ3v) is 15.8. The van der Waals surface area contributed by atoms with Gasteiger partial charge in [0.25, 0.3) is 0 Å². The number of carboxylic acid groups (broad SMARTS) is 1. The number of aliphatic hydroxyl groups excluding tert-OH is 1. The van der Waals surface area contributed by atoms with Crippen molar-refractivity contribution in [1.29, 1.82) is 0 Å². The van der Waals surface area contributed by atoms with Crippen LogP contribution in [0.2, 0.25) is 0 Å². The molecule has 26 nitrogen and oxygen atoms in total. The topological polar surface area (TPSA) is 434 Å². The Balaban J connectivity index is 1.38. The number of para-hydroxylation sites is 2.